The highest BCUT2D eigenvalue weighted by atomic mass is 32.1. The summed E-state index contributed by atoms with van der Waals surface area (Å²) in [6.07, 6.45) is 1.86. The van der Waals surface area contributed by atoms with Crippen LogP contribution >= 0.6 is 11.3 Å². The normalized spacial score (nSPS) is 12.7. The highest BCUT2D eigenvalue weighted by molar-refractivity contribution is 7.09. The number of rotatable bonds is 4. The summed E-state index contributed by atoms with van der Waals surface area (Å²) in [4.78, 5) is 4.33. The van der Waals surface area contributed by atoms with Crippen LogP contribution in [0.2, 0.25) is 0 Å². The molecule has 3 heteroatoms. The van der Waals surface area contributed by atoms with E-state index in [0.717, 1.165) is 11.6 Å². The Balaban J connectivity index is 1.71. The number of benzene rings is 2. The van der Waals surface area contributed by atoms with E-state index >= 15 is 0 Å². The molecule has 0 amide bonds. The molecule has 3 aromatic rings. The van der Waals surface area contributed by atoms with Gasteiger partial charge in [0.05, 0.1) is 6.04 Å². The average Bonchev–Trinajstić information content (AvgIpc) is 2.99. The minimum absolute atomic E-state index is 0.298. The van der Waals surface area contributed by atoms with Crippen LogP contribution in [-0.2, 0) is 6.54 Å². The molecule has 1 aromatic heterocycles. The zero-order valence-electron chi connectivity index (χ0n) is 10.8. The first kappa shape index (κ1) is 12.3. The number of hydrogen-bond acceptors (Lipinski definition) is 3. The number of fused-ring (bicyclic) bond motifs is 1. The summed E-state index contributed by atoms with van der Waals surface area (Å²) in [7, 11) is 0. The zero-order valence-corrected chi connectivity index (χ0v) is 11.7. The predicted molar refractivity (Wildman–Crippen MR) is 81.3 cm³/mol. The van der Waals surface area contributed by atoms with Crippen molar-refractivity contribution < 1.29 is 0 Å². The van der Waals surface area contributed by atoms with E-state index in [1.165, 1.54) is 16.3 Å². The number of nitrogens with zero attached hydrogens (tertiary/aromatic N) is 1. The smallest absolute Gasteiger partial charge is 0.109 e. The molecule has 0 aliphatic heterocycles. The maximum Gasteiger partial charge on any atom is 0.109 e. The number of thiazole rings is 1. The quantitative estimate of drug-likeness (QED) is 0.769. The highest BCUT2D eigenvalue weighted by Crippen LogP contribution is 2.18. The van der Waals surface area contributed by atoms with Crippen molar-refractivity contribution in [3.63, 3.8) is 0 Å². The summed E-state index contributed by atoms with van der Waals surface area (Å²) in [6, 6.07) is 15.4. The van der Waals surface area contributed by atoms with Gasteiger partial charge >= 0.3 is 0 Å². The van der Waals surface area contributed by atoms with Gasteiger partial charge in [-0.15, -0.1) is 11.3 Å². The van der Waals surface area contributed by atoms with Crippen molar-refractivity contribution in [2.24, 2.45) is 0 Å². The van der Waals surface area contributed by atoms with Crippen LogP contribution in [0.15, 0.2) is 54.0 Å². The van der Waals surface area contributed by atoms with Crippen LogP contribution in [0, 0.1) is 0 Å². The van der Waals surface area contributed by atoms with Crippen LogP contribution in [-0.4, -0.2) is 4.98 Å². The van der Waals surface area contributed by atoms with Crippen LogP contribution < -0.4 is 5.32 Å². The van der Waals surface area contributed by atoms with E-state index in [2.05, 4.69) is 59.7 Å². The first-order valence-electron chi connectivity index (χ1n) is 6.43. The SMILES string of the molecule is CC(NCc1ccc2ccccc2c1)c1nccs1. The third kappa shape index (κ3) is 2.83. The molecule has 0 spiro atoms. The van der Waals surface area contributed by atoms with Crippen molar-refractivity contribution in [1.29, 1.82) is 0 Å². The molecule has 0 radical (unpaired) electrons. The zero-order chi connectivity index (χ0) is 13.1. The van der Waals surface area contributed by atoms with Crippen molar-refractivity contribution in [2.45, 2.75) is 19.5 Å². The fraction of sp³-hybridized carbons (Fsp3) is 0.188. The summed E-state index contributed by atoms with van der Waals surface area (Å²) in [6.45, 7) is 3.02. The van der Waals surface area contributed by atoms with Crippen molar-refractivity contribution in [2.75, 3.05) is 0 Å². The summed E-state index contributed by atoms with van der Waals surface area (Å²) >= 11 is 1.70. The van der Waals surface area contributed by atoms with Crippen molar-refractivity contribution >= 4 is 22.1 Å². The Hall–Kier alpha value is -1.71. The lowest BCUT2D eigenvalue weighted by Gasteiger charge is -2.11. The van der Waals surface area contributed by atoms with Gasteiger partial charge in [-0.3, -0.25) is 0 Å². The maximum absolute atomic E-state index is 4.33. The molecular weight excluding hydrogens is 252 g/mol. The van der Waals surface area contributed by atoms with E-state index in [1.54, 1.807) is 11.3 Å². The lowest BCUT2D eigenvalue weighted by Crippen LogP contribution is -2.17. The molecule has 1 atom stereocenters. The summed E-state index contributed by atoms with van der Waals surface area (Å²) in [5.41, 5.74) is 1.31. The molecule has 19 heavy (non-hydrogen) atoms. The third-order valence-electron chi connectivity index (χ3n) is 3.25. The minimum Gasteiger partial charge on any atom is -0.304 e. The molecule has 0 saturated heterocycles. The van der Waals surface area contributed by atoms with Gasteiger partial charge in [0.1, 0.15) is 5.01 Å². The van der Waals surface area contributed by atoms with Crippen LogP contribution in [0.1, 0.15) is 23.5 Å². The molecule has 0 aliphatic carbocycles. The topological polar surface area (TPSA) is 24.9 Å². The van der Waals surface area contributed by atoms with Gasteiger partial charge in [-0.1, -0.05) is 36.4 Å². The van der Waals surface area contributed by atoms with Gasteiger partial charge in [-0.25, -0.2) is 4.98 Å². The Kier molecular flexibility index (Phi) is 3.58. The molecule has 1 N–H and O–H groups in total. The second kappa shape index (κ2) is 5.51. The molecule has 3 rings (SSSR count). The van der Waals surface area contributed by atoms with E-state index in [1.807, 2.05) is 11.6 Å². The highest BCUT2D eigenvalue weighted by Gasteiger charge is 2.07. The fourth-order valence-corrected chi connectivity index (χ4v) is 2.83. The minimum atomic E-state index is 0.298. The van der Waals surface area contributed by atoms with Crippen molar-refractivity contribution in [1.82, 2.24) is 10.3 Å². The van der Waals surface area contributed by atoms with Crippen LogP contribution in [0.25, 0.3) is 10.8 Å². The lowest BCUT2D eigenvalue weighted by atomic mass is 10.1. The molecule has 1 unspecified atom stereocenters. The average molecular weight is 268 g/mol. The van der Waals surface area contributed by atoms with Gasteiger partial charge in [0.15, 0.2) is 0 Å². The maximum atomic E-state index is 4.33. The van der Waals surface area contributed by atoms with E-state index in [9.17, 15) is 0 Å². The van der Waals surface area contributed by atoms with Crippen LogP contribution in [0.4, 0.5) is 0 Å². The molecular formula is C16H16N2S. The largest absolute Gasteiger partial charge is 0.304 e. The fourth-order valence-electron chi connectivity index (χ4n) is 2.16. The van der Waals surface area contributed by atoms with E-state index in [4.69, 9.17) is 0 Å². The van der Waals surface area contributed by atoms with Crippen molar-refractivity contribution in [3.05, 3.63) is 64.6 Å². The number of nitrogens with one attached hydrogen (secondary N) is 1. The van der Waals surface area contributed by atoms with Crippen LogP contribution in [0.5, 0.6) is 0 Å². The molecule has 2 nitrogen and oxygen atoms in total. The van der Waals surface area contributed by atoms with Gasteiger partial charge in [-0.2, -0.15) is 0 Å². The standard InChI is InChI=1S/C16H16N2S/c1-12(16-17-8-9-19-16)18-11-13-6-7-14-4-2-3-5-15(14)10-13/h2-10,12,18H,11H2,1H3. The summed E-state index contributed by atoms with van der Waals surface area (Å²) in [5.74, 6) is 0. The predicted octanol–water partition coefficient (Wildman–Crippen LogP) is 4.15. The molecule has 0 fully saturated rings. The van der Waals surface area contributed by atoms with E-state index in [-0.39, 0.29) is 0 Å². The van der Waals surface area contributed by atoms with Gasteiger partial charge in [0.2, 0.25) is 0 Å². The van der Waals surface area contributed by atoms with Gasteiger partial charge in [-0.05, 0) is 29.3 Å². The summed E-state index contributed by atoms with van der Waals surface area (Å²) < 4.78 is 0. The van der Waals surface area contributed by atoms with Gasteiger partial charge in [0.25, 0.3) is 0 Å². The Morgan fingerprint density at radius 1 is 1.16 bits per heavy atom. The third-order valence-corrected chi connectivity index (χ3v) is 4.21. The first-order valence-corrected chi connectivity index (χ1v) is 7.31. The monoisotopic (exact) mass is 268 g/mol. The Morgan fingerprint density at radius 2 is 2.00 bits per heavy atom. The van der Waals surface area contributed by atoms with Gasteiger partial charge < -0.3 is 5.32 Å². The molecule has 0 aliphatic rings. The molecule has 1 heterocycles. The van der Waals surface area contributed by atoms with E-state index < -0.39 is 0 Å². The summed E-state index contributed by atoms with van der Waals surface area (Å²) in [5, 5.41) is 9.26. The Bertz CT molecular complexity index is 661. The van der Waals surface area contributed by atoms with E-state index in [0.29, 0.717) is 6.04 Å². The molecule has 0 bridgehead atoms. The molecule has 2 aromatic carbocycles. The van der Waals surface area contributed by atoms with Crippen LogP contribution in [0.3, 0.4) is 0 Å². The molecule has 0 saturated carbocycles. The van der Waals surface area contributed by atoms with Gasteiger partial charge in [0, 0.05) is 18.1 Å². The Labute approximate surface area is 117 Å². The second-order valence-electron chi connectivity index (χ2n) is 4.65. The second-order valence-corrected chi connectivity index (χ2v) is 5.58. The number of hydrogen-bond donors (Lipinski definition) is 1. The Morgan fingerprint density at radius 3 is 2.79 bits per heavy atom. The lowest BCUT2D eigenvalue weighted by molar-refractivity contribution is 0.572. The molecule has 96 valence electrons. The first-order chi connectivity index (χ1) is 9.33. The van der Waals surface area contributed by atoms with Crippen molar-refractivity contribution in [3.8, 4) is 0 Å². The number of aromatic nitrogens is 1.